The molecule has 0 radical (unpaired) electrons. The molecule has 84 valence electrons. The van der Waals surface area contributed by atoms with E-state index in [2.05, 4.69) is 25.1 Å². The van der Waals surface area contributed by atoms with Crippen molar-refractivity contribution in [2.24, 2.45) is 5.73 Å². The lowest BCUT2D eigenvalue weighted by atomic mass is 10.0. The minimum atomic E-state index is -0.141. The average Bonchev–Trinajstić information content (AvgIpc) is 2.84. The van der Waals surface area contributed by atoms with Crippen molar-refractivity contribution < 1.29 is 0 Å². The molecule has 1 aromatic carbocycles. The van der Waals surface area contributed by atoms with Gasteiger partial charge in [-0.05, 0) is 37.5 Å². The maximum Gasteiger partial charge on any atom is 0.114 e. The number of hydrogen-bond acceptors (Lipinski definition) is 3. The van der Waals surface area contributed by atoms with Gasteiger partial charge in [0.15, 0.2) is 0 Å². The topological polar surface area (TPSA) is 38.9 Å². The minimum Gasteiger partial charge on any atom is -0.319 e. The third-order valence-corrected chi connectivity index (χ3v) is 4.70. The summed E-state index contributed by atoms with van der Waals surface area (Å²) < 4.78 is 1.27. The van der Waals surface area contributed by atoms with Crippen molar-refractivity contribution >= 4 is 21.6 Å². The molecule has 1 fully saturated rings. The molecule has 0 bridgehead atoms. The molecule has 1 aliphatic carbocycles. The van der Waals surface area contributed by atoms with E-state index in [0.29, 0.717) is 0 Å². The predicted octanol–water partition coefficient (Wildman–Crippen LogP) is 3.33. The summed E-state index contributed by atoms with van der Waals surface area (Å²) in [6.45, 7) is 2.12. The maximum atomic E-state index is 6.43. The highest BCUT2D eigenvalue weighted by molar-refractivity contribution is 7.18. The fraction of sp³-hybridized carbons (Fsp3) is 0.462. The molecule has 2 N–H and O–H groups in total. The van der Waals surface area contributed by atoms with Crippen LogP contribution in [-0.4, -0.2) is 4.98 Å². The Kier molecular flexibility index (Phi) is 2.26. The first-order chi connectivity index (χ1) is 7.67. The largest absolute Gasteiger partial charge is 0.319 e. The smallest absolute Gasteiger partial charge is 0.114 e. The predicted molar refractivity (Wildman–Crippen MR) is 68.7 cm³/mol. The Hall–Kier alpha value is -0.930. The second kappa shape index (κ2) is 3.54. The number of rotatable bonds is 1. The molecule has 1 heterocycles. The zero-order valence-corrected chi connectivity index (χ0v) is 10.3. The third kappa shape index (κ3) is 1.55. The summed E-state index contributed by atoms with van der Waals surface area (Å²) in [5, 5.41) is 1.13. The summed E-state index contributed by atoms with van der Waals surface area (Å²) in [4.78, 5) is 4.70. The summed E-state index contributed by atoms with van der Waals surface area (Å²) in [7, 11) is 0. The molecule has 1 aliphatic rings. The Morgan fingerprint density at radius 2 is 2.06 bits per heavy atom. The standard InChI is InChI=1S/C13H16N2S/c1-9-4-5-10-11(8-9)16-12(15-10)13(14)6-2-3-7-13/h4-5,8H,2-3,6-7,14H2,1H3. The normalized spacial score (nSPS) is 19.4. The van der Waals surface area contributed by atoms with Gasteiger partial charge in [0, 0.05) is 0 Å². The first-order valence-electron chi connectivity index (χ1n) is 5.84. The molecule has 0 atom stereocenters. The van der Waals surface area contributed by atoms with Crippen molar-refractivity contribution in [2.75, 3.05) is 0 Å². The summed E-state index contributed by atoms with van der Waals surface area (Å²) in [6, 6.07) is 6.42. The number of nitrogens with zero attached hydrogens (tertiary/aromatic N) is 1. The van der Waals surface area contributed by atoms with E-state index >= 15 is 0 Å². The molecule has 16 heavy (non-hydrogen) atoms. The number of thiazole rings is 1. The van der Waals surface area contributed by atoms with Crippen molar-refractivity contribution in [3.8, 4) is 0 Å². The Balaban J connectivity index is 2.11. The highest BCUT2D eigenvalue weighted by Crippen LogP contribution is 2.39. The molecule has 2 aromatic rings. The maximum absolute atomic E-state index is 6.43. The van der Waals surface area contributed by atoms with Crippen molar-refractivity contribution in [1.29, 1.82) is 0 Å². The lowest BCUT2D eigenvalue weighted by Gasteiger charge is -2.19. The lowest BCUT2D eigenvalue weighted by molar-refractivity contribution is 0.460. The van der Waals surface area contributed by atoms with E-state index in [1.807, 2.05) is 0 Å². The van der Waals surface area contributed by atoms with Crippen LogP contribution < -0.4 is 5.73 Å². The van der Waals surface area contributed by atoms with Gasteiger partial charge in [-0.1, -0.05) is 18.9 Å². The summed E-state index contributed by atoms with van der Waals surface area (Å²) in [5.74, 6) is 0. The molecular formula is C13H16N2S. The van der Waals surface area contributed by atoms with Crippen LogP contribution in [-0.2, 0) is 5.54 Å². The summed E-state index contributed by atoms with van der Waals surface area (Å²) >= 11 is 1.77. The lowest BCUT2D eigenvalue weighted by Crippen LogP contribution is -2.32. The van der Waals surface area contributed by atoms with Crippen molar-refractivity contribution in [3.05, 3.63) is 28.8 Å². The van der Waals surface area contributed by atoms with Crippen LogP contribution in [0.15, 0.2) is 18.2 Å². The molecule has 2 nitrogen and oxygen atoms in total. The molecule has 3 heteroatoms. The van der Waals surface area contributed by atoms with Crippen LogP contribution in [0.1, 0.15) is 36.3 Å². The summed E-state index contributed by atoms with van der Waals surface area (Å²) in [6.07, 6.45) is 4.66. The van der Waals surface area contributed by atoms with Crippen molar-refractivity contribution in [1.82, 2.24) is 4.98 Å². The number of fused-ring (bicyclic) bond motifs is 1. The van der Waals surface area contributed by atoms with Crippen molar-refractivity contribution in [3.63, 3.8) is 0 Å². The van der Waals surface area contributed by atoms with Crippen molar-refractivity contribution in [2.45, 2.75) is 38.1 Å². The third-order valence-electron chi connectivity index (χ3n) is 3.47. The second-order valence-corrected chi connectivity index (χ2v) is 5.88. The Morgan fingerprint density at radius 1 is 1.31 bits per heavy atom. The monoisotopic (exact) mass is 232 g/mol. The first kappa shape index (κ1) is 10.2. The van der Waals surface area contributed by atoms with Gasteiger partial charge < -0.3 is 5.73 Å². The van der Waals surface area contributed by atoms with E-state index in [4.69, 9.17) is 10.7 Å². The molecule has 0 spiro atoms. The van der Waals surface area contributed by atoms with Gasteiger partial charge in [-0.2, -0.15) is 0 Å². The molecule has 3 rings (SSSR count). The number of nitrogens with two attached hydrogens (primary N) is 1. The van der Waals surface area contributed by atoms with E-state index in [9.17, 15) is 0 Å². The van der Waals surface area contributed by atoms with E-state index < -0.39 is 0 Å². The van der Waals surface area contributed by atoms with Gasteiger partial charge in [0.25, 0.3) is 0 Å². The van der Waals surface area contributed by atoms with E-state index in [-0.39, 0.29) is 5.54 Å². The highest BCUT2D eigenvalue weighted by Gasteiger charge is 2.34. The SMILES string of the molecule is Cc1ccc2nc(C3(N)CCCC3)sc2c1. The Morgan fingerprint density at radius 3 is 2.81 bits per heavy atom. The van der Waals surface area contributed by atoms with Gasteiger partial charge in [-0.25, -0.2) is 4.98 Å². The molecule has 0 aliphatic heterocycles. The second-order valence-electron chi connectivity index (χ2n) is 4.85. The van der Waals surface area contributed by atoms with E-state index in [0.717, 1.165) is 23.4 Å². The highest BCUT2D eigenvalue weighted by atomic mass is 32.1. The molecule has 1 aromatic heterocycles. The fourth-order valence-corrected chi connectivity index (χ4v) is 3.69. The zero-order valence-electron chi connectivity index (χ0n) is 9.49. The van der Waals surface area contributed by atoms with Crippen LogP contribution in [0.3, 0.4) is 0 Å². The first-order valence-corrected chi connectivity index (χ1v) is 6.66. The quantitative estimate of drug-likeness (QED) is 0.819. The van der Waals surface area contributed by atoms with Crippen LogP contribution >= 0.6 is 11.3 Å². The van der Waals surface area contributed by atoms with Gasteiger partial charge in [0.2, 0.25) is 0 Å². The number of benzene rings is 1. The van der Waals surface area contributed by atoms with Gasteiger partial charge in [-0.3, -0.25) is 0 Å². The van der Waals surface area contributed by atoms with Gasteiger partial charge in [0.1, 0.15) is 5.01 Å². The molecule has 0 amide bonds. The van der Waals surface area contributed by atoms with Gasteiger partial charge in [0.05, 0.1) is 15.8 Å². The molecule has 0 saturated heterocycles. The number of aromatic nitrogens is 1. The Bertz CT molecular complexity index is 524. The zero-order chi connectivity index (χ0) is 11.2. The van der Waals surface area contributed by atoms with Crippen LogP contribution in [0.25, 0.3) is 10.2 Å². The van der Waals surface area contributed by atoms with Gasteiger partial charge >= 0.3 is 0 Å². The average molecular weight is 232 g/mol. The fourth-order valence-electron chi connectivity index (χ4n) is 2.46. The Labute approximate surface area is 99.5 Å². The van der Waals surface area contributed by atoms with E-state index in [1.54, 1.807) is 11.3 Å². The van der Waals surface area contributed by atoms with Crippen LogP contribution in [0, 0.1) is 6.92 Å². The number of hydrogen-bond donors (Lipinski definition) is 1. The summed E-state index contributed by atoms with van der Waals surface area (Å²) in [5.41, 5.74) is 8.68. The molecule has 1 saturated carbocycles. The van der Waals surface area contributed by atoms with Crippen LogP contribution in [0.4, 0.5) is 0 Å². The van der Waals surface area contributed by atoms with Crippen LogP contribution in [0.2, 0.25) is 0 Å². The van der Waals surface area contributed by atoms with Gasteiger partial charge in [-0.15, -0.1) is 11.3 Å². The molecule has 0 unspecified atom stereocenters. The van der Waals surface area contributed by atoms with E-state index in [1.165, 1.54) is 23.1 Å². The molecular weight excluding hydrogens is 216 g/mol. The minimum absolute atomic E-state index is 0.141. The van der Waals surface area contributed by atoms with Crippen LogP contribution in [0.5, 0.6) is 0 Å². The number of aryl methyl sites for hydroxylation is 1.